The normalized spacial score (nSPS) is 10.6. The molecule has 0 unspecified atom stereocenters. The second-order valence-corrected chi connectivity index (χ2v) is 6.81. The van der Waals surface area contributed by atoms with Gasteiger partial charge in [0.05, 0.1) is 30.2 Å². The molecule has 1 heterocycles. The molecule has 162 valence electrons. The fraction of sp³-hybridized carbons (Fsp3) is 0.273. The van der Waals surface area contributed by atoms with Gasteiger partial charge in [0, 0.05) is 19.2 Å². The van der Waals surface area contributed by atoms with Crippen molar-refractivity contribution in [3.63, 3.8) is 0 Å². The molecule has 0 aliphatic rings. The zero-order valence-electron chi connectivity index (χ0n) is 17.4. The van der Waals surface area contributed by atoms with Crippen LogP contribution in [0.4, 0.5) is 5.69 Å². The number of methoxy groups -OCH3 is 2. The Hall–Kier alpha value is -3.72. The fourth-order valence-electron chi connectivity index (χ4n) is 3.14. The zero-order chi connectivity index (χ0) is 22.2. The van der Waals surface area contributed by atoms with Crippen LogP contribution in [-0.2, 0) is 32.0 Å². The summed E-state index contributed by atoms with van der Waals surface area (Å²) >= 11 is 0. The summed E-state index contributed by atoms with van der Waals surface area (Å²) in [6, 6.07) is 13.2. The summed E-state index contributed by atoms with van der Waals surface area (Å²) < 4.78 is 11.4. The van der Waals surface area contributed by atoms with E-state index >= 15 is 0 Å². The summed E-state index contributed by atoms with van der Waals surface area (Å²) in [6.45, 7) is 0.254. The predicted octanol–water partition coefficient (Wildman–Crippen LogP) is 1.77. The largest absolute Gasteiger partial charge is 0.468 e. The van der Waals surface area contributed by atoms with Gasteiger partial charge in [-0.3, -0.25) is 14.4 Å². The number of carbonyl (C=O) groups excluding carboxylic acids is 3. The Morgan fingerprint density at radius 3 is 2.58 bits per heavy atom. The van der Waals surface area contributed by atoms with Crippen molar-refractivity contribution < 1.29 is 23.9 Å². The van der Waals surface area contributed by atoms with E-state index in [-0.39, 0.29) is 24.6 Å². The van der Waals surface area contributed by atoms with Crippen LogP contribution in [0.3, 0.4) is 0 Å². The van der Waals surface area contributed by atoms with Gasteiger partial charge in [0.15, 0.2) is 0 Å². The van der Waals surface area contributed by atoms with Gasteiger partial charge in [0.1, 0.15) is 13.2 Å². The number of fused-ring (bicyclic) bond motifs is 1. The number of amides is 2. The number of nitrogens with zero attached hydrogens (tertiary/aromatic N) is 2. The number of rotatable bonds is 9. The van der Waals surface area contributed by atoms with Crippen LogP contribution in [0.1, 0.15) is 15.9 Å². The van der Waals surface area contributed by atoms with Crippen molar-refractivity contribution in [3.8, 4) is 0 Å². The number of esters is 1. The minimum Gasteiger partial charge on any atom is -0.468 e. The maximum atomic E-state index is 12.5. The van der Waals surface area contributed by atoms with E-state index in [1.807, 2.05) is 34.9 Å². The molecule has 3 rings (SSSR count). The molecule has 0 spiro atoms. The number of aryl methyl sites for hydroxylation is 2. The molecule has 3 aromatic rings. The van der Waals surface area contributed by atoms with E-state index in [0.717, 1.165) is 6.42 Å². The van der Waals surface area contributed by atoms with E-state index in [2.05, 4.69) is 20.4 Å². The molecule has 0 aliphatic carbocycles. The van der Waals surface area contributed by atoms with Crippen molar-refractivity contribution >= 4 is 34.5 Å². The van der Waals surface area contributed by atoms with Gasteiger partial charge >= 0.3 is 5.97 Å². The van der Waals surface area contributed by atoms with Crippen molar-refractivity contribution in [1.29, 1.82) is 0 Å². The smallest absolute Gasteiger partial charge is 0.325 e. The third-order valence-corrected chi connectivity index (χ3v) is 4.63. The van der Waals surface area contributed by atoms with Crippen molar-refractivity contribution in [3.05, 3.63) is 59.9 Å². The average Bonchev–Trinajstić information content (AvgIpc) is 3.20. The van der Waals surface area contributed by atoms with Crippen LogP contribution in [0, 0.1) is 0 Å². The zero-order valence-corrected chi connectivity index (χ0v) is 17.4. The van der Waals surface area contributed by atoms with Gasteiger partial charge in [-0.1, -0.05) is 30.3 Å². The first kappa shape index (κ1) is 22.0. The molecule has 2 N–H and O–H groups in total. The van der Waals surface area contributed by atoms with E-state index in [0.29, 0.717) is 23.3 Å². The van der Waals surface area contributed by atoms with Gasteiger partial charge in [0.2, 0.25) is 5.91 Å². The molecule has 1 aromatic heterocycles. The second kappa shape index (κ2) is 10.4. The van der Waals surface area contributed by atoms with E-state index in [9.17, 15) is 14.4 Å². The molecule has 9 heteroatoms. The quantitative estimate of drug-likeness (QED) is 0.507. The Morgan fingerprint density at radius 2 is 1.87 bits per heavy atom. The van der Waals surface area contributed by atoms with Crippen LogP contribution >= 0.6 is 0 Å². The summed E-state index contributed by atoms with van der Waals surface area (Å²) in [5.74, 6) is -1.40. The molecule has 0 saturated heterocycles. The summed E-state index contributed by atoms with van der Waals surface area (Å²) in [7, 11) is 2.67. The van der Waals surface area contributed by atoms with Gasteiger partial charge in [-0.2, -0.15) is 0 Å². The molecule has 31 heavy (non-hydrogen) atoms. The second-order valence-electron chi connectivity index (χ2n) is 6.81. The lowest BCUT2D eigenvalue weighted by Crippen LogP contribution is -2.30. The molecular weight excluding hydrogens is 400 g/mol. The van der Waals surface area contributed by atoms with Gasteiger partial charge in [-0.15, -0.1) is 0 Å². The highest BCUT2D eigenvalue weighted by atomic mass is 16.5. The first-order chi connectivity index (χ1) is 15.0. The summed E-state index contributed by atoms with van der Waals surface area (Å²) in [5, 5.41) is 5.27. The van der Waals surface area contributed by atoms with E-state index in [1.165, 1.54) is 19.8 Å². The van der Waals surface area contributed by atoms with Crippen molar-refractivity contribution in [1.82, 2.24) is 14.9 Å². The number of benzene rings is 2. The third-order valence-electron chi connectivity index (χ3n) is 4.63. The van der Waals surface area contributed by atoms with Crippen LogP contribution in [0.2, 0.25) is 0 Å². The number of anilines is 1. The molecule has 0 aliphatic heterocycles. The Balaban J connectivity index is 1.91. The van der Waals surface area contributed by atoms with Gasteiger partial charge in [0.25, 0.3) is 5.91 Å². The Kier molecular flexibility index (Phi) is 7.34. The Morgan fingerprint density at radius 1 is 1.10 bits per heavy atom. The molecule has 9 nitrogen and oxygen atoms in total. The predicted molar refractivity (Wildman–Crippen MR) is 115 cm³/mol. The van der Waals surface area contributed by atoms with Gasteiger partial charge < -0.3 is 24.7 Å². The van der Waals surface area contributed by atoms with E-state index in [4.69, 9.17) is 4.74 Å². The first-order valence-corrected chi connectivity index (χ1v) is 9.68. The first-order valence-electron chi connectivity index (χ1n) is 9.68. The Labute approximate surface area is 179 Å². The van der Waals surface area contributed by atoms with Crippen molar-refractivity contribution in [2.45, 2.75) is 13.0 Å². The molecule has 0 fully saturated rings. The fourth-order valence-corrected chi connectivity index (χ4v) is 3.14. The summed E-state index contributed by atoms with van der Waals surface area (Å²) in [4.78, 5) is 40.4. The van der Waals surface area contributed by atoms with E-state index < -0.39 is 11.9 Å². The number of hydrogen-bond donors (Lipinski definition) is 2. The molecule has 2 amide bonds. The number of nitrogens with one attached hydrogen (secondary N) is 2. The average molecular weight is 424 g/mol. The molecule has 0 saturated carbocycles. The minimum absolute atomic E-state index is 0.127. The topological polar surface area (TPSA) is 112 Å². The van der Waals surface area contributed by atoms with Crippen molar-refractivity contribution in [2.75, 3.05) is 32.7 Å². The molecule has 0 atom stereocenters. The molecule has 2 aromatic carbocycles. The summed E-state index contributed by atoms with van der Waals surface area (Å²) in [5.41, 5.74) is 3.12. The minimum atomic E-state index is -0.562. The van der Waals surface area contributed by atoms with Crippen molar-refractivity contribution in [2.24, 2.45) is 0 Å². The van der Waals surface area contributed by atoms with Gasteiger partial charge in [-0.05, 0) is 24.1 Å². The van der Waals surface area contributed by atoms with Crippen LogP contribution in [-0.4, -0.2) is 54.7 Å². The third kappa shape index (κ3) is 5.67. The van der Waals surface area contributed by atoms with Crippen LogP contribution in [0.25, 0.3) is 11.0 Å². The highest BCUT2D eigenvalue weighted by molar-refractivity contribution is 6.06. The number of aromatic nitrogens is 2. The number of hydrogen-bond acceptors (Lipinski definition) is 6. The molecule has 0 radical (unpaired) electrons. The number of ether oxygens (including phenoxy) is 2. The maximum Gasteiger partial charge on any atom is 0.325 e. The highest BCUT2D eigenvalue weighted by Gasteiger charge is 2.17. The highest BCUT2D eigenvalue weighted by Crippen LogP contribution is 2.26. The SMILES string of the molecule is COCC(=O)Nc1cc(C(=O)NCC(=O)OC)cc2ncn(CCc3ccccc3)c12. The lowest BCUT2D eigenvalue weighted by atomic mass is 10.1. The maximum absolute atomic E-state index is 12.5. The van der Waals surface area contributed by atoms with E-state index in [1.54, 1.807) is 18.5 Å². The lowest BCUT2D eigenvalue weighted by Gasteiger charge is -2.12. The van der Waals surface area contributed by atoms with Gasteiger partial charge in [-0.25, -0.2) is 4.98 Å². The number of imidazole rings is 1. The lowest BCUT2D eigenvalue weighted by molar-refractivity contribution is -0.139. The van der Waals surface area contributed by atoms with Crippen LogP contribution in [0.5, 0.6) is 0 Å². The molecule has 0 bridgehead atoms. The van der Waals surface area contributed by atoms with Crippen LogP contribution in [0.15, 0.2) is 48.8 Å². The standard InChI is InChI=1S/C22H24N4O5/c1-30-13-19(27)25-18-11-16(22(29)23-12-20(28)31-2)10-17-21(18)26(14-24-17)9-8-15-6-4-3-5-7-15/h3-7,10-11,14H,8-9,12-13H2,1-2H3,(H,23,29)(H,25,27). The summed E-state index contributed by atoms with van der Waals surface area (Å²) in [6.07, 6.45) is 2.45. The number of carbonyl (C=O) groups is 3. The monoisotopic (exact) mass is 424 g/mol. The van der Waals surface area contributed by atoms with Crippen LogP contribution < -0.4 is 10.6 Å². The Bertz CT molecular complexity index is 1080. The molecular formula is C22H24N4O5.